The third-order valence-corrected chi connectivity index (χ3v) is 4.92. The van der Waals surface area contributed by atoms with Crippen LogP contribution in [0.1, 0.15) is 13.8 Å². The van der Waals surface area contributed by atoms with Crippen molar-refractivity contribution in [3.8, 4) is 16.9 Å². The molecule has 2 unspecified atom stereocenters. The van der Waals surface area contributed by atoms with Gasteiger partial charge in [-0.1, -0.05) is 12.1 Å². The van der Waals surface area contributed by atoms with Crippen LogP contribution in [0, 0.1) is 0 Å². The van der Waals surface area contributed by atoms with Crippen molar-refractivity contribution < 1.29 is 18.3 Å². The number of hydrogen-bond donors (Lipinski definition) is 2. The van der Waals surface area contributed by atoms with E-state index in [9.17, 15) is 13.6 Å². The first-order chi connectivity index (χ1) is 15.4. The topological polar surface area (TPSA) is 92.4 Å². The summed E-state index contributed by atoms with van der Waals surface area (Å²) in [4.78, 5) is 26.0. The maximum absolute atomic E-state index is 12.4. The highest BCUT2D eigenvalue weighted by molar-refractivity contribution is 5.69. The number of halogens is 2. The molecule has 0 aliphatic carbocycles. The van der Waals surface area contributed by atoms with Gasteiger partial charge in [-0.3, -0.25) is 4.79 Å². The molecule has 1 aromatic carbocycles. The second-order valence-corrected chi connectivity index (χ2v) is 7.56. The summed E-state index contributed by atoms with van der Waals surface area (Å²) in [7, 11) is 0. The van der Waals surface area contributed by atoms with Gasteiger partial charge in [-0.2, -0.15) is 13.8 Å². The van der Waals surface area contributed by atoms with Crippen LogP contribution in [-0.4, -0.2) is 46.9 Å². The number of benzene rings is 1. The molecule has 0 bridgehead atoms. The Balaban J connectivity index is 1.54. The number of nitrogens with zero attached hydrogens (tertiary/aromatic N) is 3. The predicted molar refractivity (Wildman–Crippen MR) is 117 cm³/mol. The monoisotopic (exact) mass is 443 g/mol. The van der Waals surface area contributed by atoms with Crippen LogP contribution in [0.2, 0.25) is 0 Å². The van der Waals surface area contributed by atoms with Gasteiger partial charge in [0.1, 0.15) is 17.3 Å². The van der Waals surface area contributed by atoms with E-state index >= 15 is 0 Å². The molecule has 1 fully saturated rings. The molecule has 2 aromatic heterocycles. The highest BCUT2D eigenvalue weighted by Gasteiger charge is 2.24. The lowest BCUT2D eigenvalue weighted by molar-refractivity contribution is -0.0498. The predicted octanol–water partition coefficient (Wildman–Crippen LogP) is 3.79. The van der Waals surface area contributed by atoms with Crippen molar-refractivity contribution >= 4 is 17.5 Å². The van der Waals surface area contributed by atoms with Crippen molar-refractivity contribution in [1.29, 1.82) is 0 Å². The van der Waals surface area contributed by atoms with Crippen LogP contribution >= 0.6 is 0 Å². The summed E-state index contributed by atoms with van der Waals surface area (Å²) in [6.07, 6.45) is 3.32. The van der Waals surface area contributed by atoms with Crippen molar-refractivity contribution in [2.45, 2.75) is 32.7 Å². The second kappa shape index (κ2) is 9.31. The van der Waals surface area contributed by atoms with Crippen LogP contribution in [0.5, 0.6) is 5.75 Å². The van der Waals surface area contributed by atoms with Gasteiger partial charge in [-0.25, -0.2) is 4.98 Å². The minimum atomic E-state index is -2.88. The summed E-state index contributed by atoms with van der Waals surface area (Å²) in [5.74, 6) is 1.09. The van der Waals surface area contributed by atoms with E-state index in [0.29, 0.717) is 36.1 Å². The van der Waals surface area contributed by atoms with E-state index in [1.807, 2.05) is 18.7 Å². The Kier molecular flexibility index (Phi) is 6.31. The Morgan fingerprint density at radius 2 is 1.88 bits per heavy atom. The maximum Gasteiger partial charge on any atom is 0.387 e. The zero-order valence-electron chi connectivity index (χ0n) is 17.6. The zero-order valence-corrected chi connectivity index (χ0v) is 17.6. The van der Waals surface area contributed by atoms with Crippen LogP contribution in [0.3, 0.4) is 0 Å². The van der Waals surface area contributed by atoms with Crippen LogP contribution in [-0.2, 0) is 4.74 Å². The number of rotatable bonds is 6. The van der Waals surface area contributed by atoms with Gasteiger partial charge in [-0.05, 0) is 43.7 Å². The highest BCUT2D eigenvalue weighted by atomic mass is 19.3. The van der Waals surface area contributed by atoms with E-state index in [2.05, 4.69) is 25.0 Å². The first-order valence-electron chi connectivity index (χ1n) is 10.2. The summed E-state index contributed by atoms with van der Waals surface area (Å²) in [6.45, 7) is 2.47. The molecule has 1 aliphatic heterocycles. The van der Waals surface area contributed by atoms with Crippen molar-refractivity contribution in [1.82, 2.24) is 15.0 Å². The molecule has 2 N–H and O–H groups in total. The second-order valence-electron chi connectivity index (χ2n) is 7.56. The third kappa shape index (κ3) is 5.20. The quantitative estimate of drug-likeness (QED) is 0.599. The zero-order chi connectivity index (χ0) is 22.7. The average molecular weight is 443 g/mol. The van der Waals surface area contributed by atoms with Gasteiger partial charge in [0, 0.05) is 31.0 Å². The molecule has 0 radical (unpaired) electrons. The lowest BCUT2D eigenvalue weighted by Gasteiger charge is -2.35. The summed E-state index contributed by atoms with van der Waals surface area (Å²) in [6, 6.07) is 9.51. The fourth-order valence-electron chi connectivity index (χ4n) is 3.62. The third-order valence-electron chi connectivity index (χ3n) is 4.92. The lowest BCUT2D eigenvalue weighted by Crippen LogP contribution is -2.46. The molecule has 0 saturated carbocycles. The first kappa shape index (κ1) is 21.7. The van der Waals surface area contributed by atoms with E-state index in [-0.39, 0.29) is 23.5 Å². The van der Waals surface area contributed by atoms with Gasteiger partial charge in [0.2, 0.25) is 5.95 Å². The van der Waals surface area contributed by atoms with Crippen LogP contribution < -0.4 is 20.5 Å². The normalized spacial score (nSPS) is 18.6. The van der Waals surface area contributed by atoms with Crippen molar-refractivity contribution in [3.05, 3.63) is 59.1 Å². The van der Waals surface area contributed by atoms with Crippen molar-refractivity contribution in [2.24, 2.45) is 0 Å². The Labute approximate surface area is 183 Å². The van der Waals surface area contributed by atoms with Gasteiger partial charge >= 0.3 is 6.61 Å². The number of nitrogens with one attached hydrogen (secondary N) is 2. The van der Waals surface area contributed by atoms with Crippen LogP contribution in [0.4, 0.5) is 26.2 Å². The molecule has 0 amide bonds. The fourth-order valence-corrected chi connectivity index (χ4v) is 3.62. The summed E-state index contributed by atoms with van der Waals surface area (Å²) < 4.78 is 34.8. The van der Waals surface area contributed by atoms with E-state index in [1.165, 1.54) is 12.1 Å². The minimum absolute atomic E-state index is 0.0618. The number of aromatic nitrogens is 3. The average Bonchev–Trinajstić information content (AvgIpc) is 2.75. The number of H-pyrrole nitrogens is 1. The number of alkyl halides is 2. The summed E-state index contributed by atoms with van der Waals surface area (Å²) in [5.41, 5.74) is 1.40. The van der Waals surface area contributed by atoms with E-state index in [0.717, 1.165) is 5.56 Å². The van der Waals surface area contributed by atoms with Crippen molar-refractivity contribution in [2.75, 3.05) is 23.3 Å². The molecular weight excluding hydrogens is 420 g/mol. The van der Waals surface area contributed by atoms with Gasteiger partial charge in [0.25, 0.3) is 5.56 Å². The molecule has 4 rings (SSSR count). The van der Waals surface area contributed by atoms with E-state index < -0.39 is 6.61 Å². The van der Waals surface area contributed by atoms with Crippen LogP contribution in [0.15, 0.2) is 53.6 Å². The van der Waals surface area contributed by atoms with Crippen molar-refractivity contribution in [3.63, 3.8) is 0 Å². The Morgan fingerprint density at radius 3 is 2.56 bits per heavy atom. The standard InChI is InChI=1S/C22H23F2N5O3/c1-13-11-29(12-14(2)31-13)22-25-8-7-19(28-22)27-18-9-16(10-26-20(18)30)15-3-5-17(6-4-15)32-21(23)24/h3-10,13-14,21H,11-12H2,1-2H3,(H,26,30)(H,25,27,28). The van der Waals surface area contributed by atoms with E-state index in [1.54, 1.807) is 36.7 Å². The molecule has 32 heavy (non-hydrogen) atoms. The van der Waals surface area contributed by atoms with E-state index in [4.69, 9.17) is 4.74 Å². The SMILES string of the molecule is CC1CN(c2nccc(Nc3cc(-c4ccc(OC(F)F)cc4)c[nH]c3=O)n2)CC(C)O1. The maximum atomic E-state index is 12.4. The summed E-state index contributed by atoms with van der Waals surface area (Å²) >= 11 is 0. The van der Waals surface area contributed by atoms with Gasteiger partial charge in [-0.15, -0.1) is 0 Å². The number of morpholine rings is 1. The molecule has 1 aliphatic rings. The number of pyridine rings is 1. The molecule has 3 heterocycles. The Hall–Kier alpha value is -3.53. The molecule has 1 saturated heterocycles. The van der Waals surface area contributed by atoms with Crippen LogP contribution in [0.25, 0.3) is 11.1 Å². The molecule has 168 valence electrons. The number of ether oxygens (including phenoxy) is 2. The Bertz CT molecular complexity index is 1110. The first-order valence-corrected chi connectivity index (χ1v) is 10.2. The number of hydrogen-bond acceptors (Lipinski definition) is 7. The highest BCUT2D eigenvalue weighted by Crippen LogP contribution is 2.25. The minimum Gasteiger partial charge on any atom is -0.435 e. The Morgan fingerprint density at radius 1 is 1.16 bits per heavy atom. The van der Waals surface area contributed by atoms with Gasteiger partial charge in [0.15, 0.2) is 0 Å². The molecule has 10 heteroatoms. The molecule has 2 atom stereocenters. The van der Waals surface area contributed by atoms with Gasteiger partial charge < -0.3 is 24.7 Å². The van der Waals surface area contributed by atoms with Gasteiger partial charge in [0.05, 0.1) is 12.2 Å². The smallest absolute Gasteiger partial charge is 0.387 e. The lowest BCUT2D eigenvalue weighted by atomic mass is 10.1. The number of anilines is 3. The molecular formula is C22H23F2N5O3. The largest absolute Gasteiger partial charge is 0.435 e. The number of aromatic amines is 1. The fraction of sp³-hybridized carbons (Fsp3) is 0.318. The summed E-state index contributed by atoms with van der Waals surface area (Å²) in [5, 5.41) is 3.05. The molecule has 0 spiro atoms. The molecule has 8 nitrogen and oxygen atoms in total. The molecule has 3 aromatic rings.